The highest BCUT2D eigenvalue weighted by Gasteiger charge is 2.06. The van der Waals surface area contributed by atoms with E-state index in [0.717, 1.165) is 0 Å². The summed E-state index contributed by atoms with van der Waals surface area (Å²) in [7, 11) is 0. The largest absolute Gasteiger partial charge is 0.396 e. The Hall–Kier alpha value is -1.16. The number of aliphatic hydroxyl groups is 1. The molecule has 0 aliphatic carbocycles. The molecular formula is C7H10O4. The van der Waals surface area contributed by atoms with Crippen molar-refractivity contribution in [1.29, 1.82) is 0 Å². The molecular weight excluding hydrogens is 148 g/mol. The van der Waals surface area contributed by atoms with Crippen LogP contribution in [0.5, 0.6) is 0 Å². The average molecular weight is 158 g/mol. The van der Waals surface area contributed by atoms with E-state index in [1.807, 2.05) is 0 Å². The Bertz CT molecular complexity index is 162. The van der Waals surface area contributed by atoms with Crippen molar-refractivity contribution in [2.45, 2.75) is 12.8 Å². The fourth-order valence-corrected chi connectivity index (χ4v) is 0.522. The van der Waals surface area contributed by atoms with Gasteiger partial charge in [0.25, 0.3) is 0 Å². The van der Waals surface area contributed by atoms with E-state index >= 15 is 0 Å². The summed E-state index contributed by atoms with van der Waals surface area (Å²) in [6.45, 7) is 3.42. The molecule has 0 unspecified atom stereocenters. The number of aliphatic hydroxyl groups excluding tert-OH is 1. The minimum atomic E-state index is -0.728. The number of hydrogen-bond acceptors (Lipinski definition) is 4. The van der Waals surface area contributed by atoms with Crippen LogP contribution in [0.15, 0.2) is 12.2 Å². The lowest BCUT2D eigenvalue weighted by Crippen LogP contribution is -2.05. The summed E-state index contributed by atoms with van der Waals surface area (Å²) in [5.41, 5.74) is 0.200. The van der Waals surface area contributed by atoms with E-state index in [1.165, 1.54) is 0 Å². The van der Waals surface area contributed by atoms with Crippen molar-refractivity contribution in [2.24, 2.45) is 0 Å². The van der Waals surface area contributed by atoms with E-state index < -0.39 is 5.97 Å². The first-order valence-corrected chi connectivity index (χ1v) is 3.15. The number of carbonyl (C=O) groups excluding carboxylic acids is 2. The predicted molar refractivity (Wildman–Crippen MR) is 37.6 cm³/mol. The minimum Gasteiger partial charge on any atom is -0.396 e. The third-order valence-electron chi connectivity index (χ3n) is 1.08. The molecule has 0 amide bonds. The summed E-state index contributed by atoms with van der Waals surface area (Å²) in [6.07, 6.45) is 0.802. The van der Waals surface area contributed by atoms with Crippen LogP contribution in [0, 0.1) is 0 Å². The molecule has 0 radical (unpaired) electrons. The van der Waals surface area contributed by atoms with Crippen molar-refractivity contribution < 1.29 is 19.4 Å². The van der Waals surface area contributed by atoms with Crippen molar-refractivity contribution in [3.8, 4) is 0 Å². The van der Waals surface area contributed by atoms with Gasteiger partial charge in [0.2, 0.25) is 0 Å². The van der Waals surface area contributed by atoms with E-state index in [-0.39, 0.29) is 18.7 Å². The molecule has 0 heterocycles. The third-order valence-corrected chi connectivity index (χ3v) is 1.08. The van der Waals surface area contributed by atoms with E-state index in [1.54, 1.807) is 0 Å². The van der Waals surface area contributed by atoms with Gasteiger partial charge in [-0.1, -0.05) is 6.58 Å². The summed E-state index contributed by atoms with van der Waals surface area (Å²) in [6, 6.07) is 0. The van der Waals surface area contributed by atoms with Crippen LogP contribution in [0.2, 0.25) is 0 Å². The van der Waals surface area contributed by atoms with Gasteiger partial charge < -0.3 is 9.84 Å². The molecule has 0 rings (SSSR count). The van der Waals surface area contributed by atoms with Crippen molar-refractivity contribution >= 4 is 12.4 Å². The molecule has 11 heavy (non-hydrogen) atoms. The van der Waals surface area contributed by atoms with E-state index in [4.69, 9.17) is 5.11 Å². The fraction of sp³-hybridized carbons (Fsp3) is 0.429. The molecule has 0 aromatic carbocycles. The highest BCUT2D eigenvalue weighted by Crippen LogP contribution is 2.02. The second-order valence-electron chi connectivity index (χ2n) is 1.93. The lowest BCUT2D eigenvalue weighted by atomic mass is 10.2. The van der Waals surface area contributed by atoms with Crippen LogP contribution < -0.4 is 0 Å². The molecule has 0 aliphatic heterocycles. The number of rotatable bonds is 5. The number of ether oxygens (including phenoxy) is 1. The summed E-state index contributed by atoms with van der Waals surface area (Å²) < 4.78 is 4.00. The highest BCUT2D eigenvalue weighted by molar-refractivity contribution is 5.91. The zero-order valence-electron chi connectivity index (χ0n) is 6.08. The summed E-state index contributed by atoms with van der Waals surface area (Å²) in [5, 5.41) is 8.36. The Kier molecular flexibility index (Phi) is 5.02. The fourth-order valence-electron chi connectivity index (χ4n) is 0.522. The van der Waals surface area contributed by atoms with Crippen LogP contribution in [-0.2, 0) is 14.3 Å². The van der Waals surface area contributed by atoms with Crippen LogP contribution in [0.25, 0.3) is 0 Å². The molecule has 0 saturated carbocycles. The van der Waals surface area contributed by atoms with Gasteiger partial charge in [-0.05, 0) is 12.8 Å². The minimum absolute atomic E-state index is 0.00656. The SMILES string of the molecule is C=C(CCCO)C(=O)OC=O. The van der Waals surface area contributed by atoms with Gasteiger partial charge in [0.1, 0.15) is 0 Å². The highest BCUT2D eigenvalue weighted by atomic mass is 16.6. The maximum atomic E-state index is 10.6. The van der Waals surface area contributed by atoms with Gasteiger partial charge in [0, 0.05) is 12.2 Å². The van der Waals surface area contributed by atoms with Gasteiger partial charge in [0.15, 0.2) is 0 Å². The Morgan fingerprint density at radius 2 is 2.27 bits per heavy atom. The monoisotopic (exact) mass is 158 g/mol. The normalized spacial score (nSPS) is 8.82. The zero-order valence-corrected chi connectivity index (χ0v) is 6.08. The van der Waals surface area contributed by atoms with Crippen molar-refractivity contribution in [1.82, 2.24) is 0 Å². The molecule has 0 aromatic rings. The van der Waals surface area contributed by atoms with Gasteiger partial charge in [-0.25, -0.2) is 4.79 Å². The van der Waals surface area contributed by atoms with Crippen LogP contribution in [-0.4, -0.2) is 24.2 Å². The molecule has 4 nitrogen and oxygen atoms in total. The Labute approximate surface area is 64.5 Å². The number of esters is 1. The molecule has 4 heteroatoms. The summed E-state index contributed by atoms with van der Waals surface area (Å²) >= 11 is 0. The molecule has 62 valence electrons. The first kappa shape index (κ1) is 9.84. The van der Waals surface area contributed by atoms with Crippen molar-refractivity contribution in [3.05, 3.63) is 12.2 Å². The number of carbonyl (C=O) groups is 2. The first-order chi connectivity index (χ1) is 5.22. The van der Waals surface area contributed by atoms with Crippen LogP contribution in [0.1, 0.15) is 12.8 Å². The predicted octanol–water partition coefficient (Wildman–Crippen LogP) is 0.0147. The molecule has 0 fully saturated rings. The molecule has 0 saturated heterocycles. The van der Waals surface area contributed by atoms with Crippen molar-refractivity contribution in [3.63, 3.8) is 0 Å². The third kappa shape index (κ3) is 4.27. The Balaban J connectivity index is 3.64. The number of hydrogen-bond donors (Lipinski definition) is 1. The van der Waals surface area contributed by atoms with Crippen LogP contribution in [0.3, 0.4) is 0 Å². The maximum absolute atomic E-state index is 10.6. The second-order valence-corrected chi connectivity index (χ2v) is 1.93. The van der Waals surface area contributed by atoms with Crippen LogP contribution >= 0.6 is 0 Å². The quantitative estimate of drug-likeness (QED) is 0.265. The maximum Gasteiger partial charge on any atom is 0.340 e. The topological polar surface area (TPSA) is 63.6 Å². The van der Waals surface area contributed by atoms with Crippen molar-refractivity contribution in [2.75, 3.05) is 6.61 Å². The molecule has 0 aromatic heterocycles. The first-order valence-electron chi connectivity index (χ1n) is 3.15. The molecule has 0 spiro atoms. The summed E-state index contributed by atoms with van der Waals surface area (Å²) in [5.74, 6) is -0.728. The van der Waals surface area contributed by atoms with Gasteiger partial charge in [0.05, 0.1) is 0 Å². The molecule has 0 aliphatic rings. The van der Waals surface area contributed by atoms with E-state index in [9.17, 15) is 9.59 Å². The smallest absolute Gasteiger partial charge is 0.340 e. The summed E-state index contributed by atoms with van der Waals surface area (Å²) in [4.78, 5) is 20.3. The lowest BCUT2D eigenvalue weighted by Gasteiger charge is -1.98. The van der Waals surface area contributed by atoms with E-state index in [2.05, 4.69) is 11.3 Å². The molecule has 0 bridgehead atoms. The van der Waals surface area contributed by atoms with Gasteiger partial charge in [-0.3, -0.25) is 4.79 Å². The van der Waals surface area contributed by atoms with Crippen LogP contribution in [0.4, 0.5) is 0 Å². The molecule has 0 atom stereocenters. The lowest BCUT2D eigenvalue weighted by molar-refractivity contribution is -0.148. The van der Waals surface area contributed by atoms with Gasteiger partial charge >= 0.3 is 12.4 Å². The Morgan fingerprint density at radius 1 is 1.64 bits per heavy atom. The van der Waals surface area contributed by atoms with Gasteiger partial charge in [-0.2, -0.15) is 0 Å². The zero-order chi connectivity index (χ0) is 8.69. The Morgan fingerprint density at radius 3 is 2.73 bits per heavy atom. The second kappa shape index (κ2) is 5.61. The van der Waals surface area contributed by atoms with E-state index in [0.29, 0.717) is 12.8 Å². The molecule has 1 N–H and O–H groups in total. The van der Waals surface area contributed by atoms with Gasteiger partial charge in [-0.15, -0.1) is 0 Å². The average Bonchev–Trinajstić information content (AvgIpc) is 2.00. The standard InChI is InChI=1S/C7H10O4/c1-6(3-2-4-8)7(10)11-5-9/h5,8H,1-4H2.